The molecule has 0 saturated heterocycles. The third kappa shape index (κ3) is 5.07. The molecule has 0 spiro atoms. The Labute approximate surface area is 112 Å². The molecule has 1 aromatic carbocycles. The number of rotatable bonds is 7. The lowest BCUT2D eigenvalue weighted by Gasteiger charge is -2.10. The molecule has 1 amide bonds. The van der Waals surface area contributed by atoms with Gasteiger partial charge in [0.15, 0.2) is 0 Å². The number of carbonyl (C=O) groups excluding carboxylic acids is 1. The van der Waals surface area contributed by atoms with E-state index in [1.807, 2.05) is 0 Å². The Morgan fingerprint density at radius 1 is 1.37 bits per heavy atom. The van der Waals surface area contributed by atoms with Gasteiger partial charge in [-0.25, -0.2) is 0 Å². The lowest BCUT2D eigenvalue weighted by molar-refractivity contribution is -0.121. The van der Waals surface area contributed by atoms with E-state index in [0.717, 1.165) is 0 Å². The average Bonchev–Trinajstić information content (AvgIpc) is 2.43. The first-order valence-electron chi connectivity index (χ1n) is 5.83. The van der Waals surface area contributed by atoms with Crippen molar-refractivity contribution in [2.75, 3.05) is 32.2 Å². The summed E-state index contributed by atoms with van der Waals surface area (Å²) in [6, 6.07) is 7.08. The monoisotopic (exact) mass is 266 g/mol. The van der Waals surface area contributed by atoms with Crippen LogP contribution in [0.5, 0.6) is 0 Å². The molecule has 6 heteroatoms. The molecule has 19 heavy (non-hydrogen) atoms. The Morgan fingerprint density at radius 3 is 2.79 bits per heavy atom. The molecule has 104 valence electrons. The van der Waals surface area contributed by atoms with Crippen molar-refractivity contribution in [2.24, 2.45) is 5.16 Å². The molecular weight excluding hydrogens is 248 g/mol. The van der Waals surface area contributed by atoms with E-state index in [1.165, 1.54) is 0 Å². The van der Waals surface area contributed by atoms with Crippen molar-refractivity contribution >= 4 is 17.3 Å². The van der Waals surface area contributed by atoms with Gasteiger partial charge >= 0.3 is 0 Å². The van der Waals surface area contributed by atoms with Crippen molar-refractivity contribution in [2.45, 2.75) is 6.92 Å². The third-order valence-electron chi connectivity index (χ3n) is 2.41. The van der Waals surface area contributed by atoms with Crippen LogP contribution in [0.3, 0.4) is 0 Å². The minimum Gasteiger partial charge on any atom is -0.411 e. The number of ether oxygens (including phenoxy) is 2. The SMILES string of the molecule is COCCOCC(=O)Nc1ccccc1/C(C)=N/O. The molecule has 0 aliphatic rings. The summed E-state index contributed by atoms with van der Waals surface area (Å²) in [6.07, 6.45) is 0. The number of amides is 1. The zero-order valence-electron chi connectivity index (χ0n) is 11.0. The van der Waals surface area contributed by atoms with E-state index >= 15 is 0 Å². The van der Waals surface area contributed by atoms with Gasteiger partial charge in [0.05, 0.1) is 18.9 Å². The smallest absolute Gasteiger partial charge is 0.250 e. The molecule has 0 saturated carbocycles. The highest BCUT2D eigenvalue weighted by molar-refractivity contribution is 6.06. The maximum atomic E-state index is 11.7. The van der Waals surface area contributed by atoms with Crippen molar-refractivity contribution in [3.63, 3.8) is 0 Å². The van der Waals surface area contributed by atoms with Gasteiger partial charge in [-0.1, -0.05) is 23.4 Å². The minimum absolute atomic E-state index is 0.0486. The summed E-state index contributed by atoms with van der Waals surface area (Å²) in [6.45, 7) is 2.41. The van der Waals surface area contributed by atoms with Crippen molar-refractivity contribution in [1.82, 2.24) is 0 Å². The molecular formula is C13H18N2O4. The number of para-hydroxylation sites is 1. The fraction of sp³-hybridized carbons (Fsp3) is 0.385. The molecule has 0 fully saturated rings. The molecule has 1 rings (SSSR count). The van der Waals surface area contributed by atoms with Gasteiger partial charge in [0.25, 0.3) is 0 Å². The average molecular weight is 266 g/mol. The van der Waals surface area contributed by atoms with Crippen molar-refractivity contribution < 1.29 is 19.5 Å². The molecule has 0 unspecified atom stereocenters. The number of anilines is 1. The molecule has 1 aromatic rings. The van der Waals surface area contributed by atoms with E-state index in [0.29, 0.717) is 30.2 Å². The molecule has 0 aliphatic carbocycles. The number of methoxy groups -OCH3 is 1. The quantitative estimate of drug-likeness (QED) is 0.339. The number of hydrogen-bond acceptors (Lipinski definition) is 5. The normalized spacial score (nSPS) is 11.4. The highest BCUT2D eigenvalue weighted by atomic mass is 16.5. The van der Waals surface area contributed by atoms with Crippen molar-refractivity contribution in [1.29, 1.82) is 0 Å². The topological polar surface area (TPSA) is 80.2 Å². The van der Waals surface area contributed by atoms with E-state index in [-0.39, 0.29) is 12.5 Å². The van der Waals surface area contributed by atoms with Gasteiger partial charge < -0.3 is 20.0 Å². The summed E-state index contributed by atoms with van der Waals surface area (Å²) >= 11 is 0. The second-order valence-electron chi connectivity index (χ2n) is 3.82. The fourth-order valence-corrected chi connectivity index (χ4v) is 1.45. The zero-order valence-corrected chi connectivity index (χ0v) is 11.0. The van der Waals surface area contributed by atoms with Crippen LogP contribution in [-0.2, 0) is 14.3 Å². The van der Waals surface area contributed by atoms with Gasteiger partial charge in [0.1, 0.15) is 6.61 Å². The Balaban J connectivity index is 2.59. The predicted molar refractivity (Wildman–Crippen MR) is 71.8 cm³/mol. The number of carbonyl (C=O) groups is 1. The molecule has 0 aliphatic heterocycles. The minimum atomic E-state index is -0.269. The van der Waals surface area contributed by atoms with Crippen LogP contribution in [0, 0.1) is 0 Å². The van der Waals surface area contributed by atoms with Gasteiger partial charge in [-0.15, -0.1) is 0 Å². The van der Waals surface area contributed by atoms with Gasteiger partial charge in [0, 0.05) is 18.4 Å². The van der Waals surface area contributed by atoms with Crippen LogP contribution in [0.4, 0.5) is 5.69 Å². The van der Waals surface area contributed by atoms with Crippen LogP contribution in [0.25, 0.3) is 0 Å². The summed E-state index contributed by atoms with van der Waals surface area (Å²) < 4.78 is 9.92. The van der Waals surface area contributed by atoms with Crippen LogP contribution in [0.1, 0.15) is 12.5 Å². The Bertz CT molecular complexity index is 446. The highest BCUT2D eigenvalue weighted by Gasteiger charge is 2.08. The predicted octanol–water partition coefficient (Wildman–Crippen LogP) is 1.49. The summed E-state index contributed by atoms with van der Waals surface area (Å²) in [5, 5.41) is 14.6. The molecule has 0 aromatic heterocycles. The number of nitrogens with zero attached hydrogens (tertiary/aromatic N) is 1. The molecule has 0 heterocycles. The van der Waals surface area contributed by atoms with Crippen LogP contribution < -0.4 is 5.32 Å². The van der Waals surface area contributed by atoms with E-state index in [2.05, 4.69) is 10.5 Å². The molecule has 0 bridgehead atoms. The number of nitrogens with one attached hydrogen (secondary N) is 1. The Morgan fingerprint density at radius 2 is 2.11 bits per heavy atom. The first kappa shape index (κ1) is 15.1. The standard InChI is InChI=1S/C13H18N2O4/c1-10(15-17)11-5-3-4-6-12(11)14-13(16)9-19-8-7-18-2/h3-6,17H,7-9H2,1-2H3,(H,14,16)/b15-10+. The van der Waals surface area contributed by atoms with Gasteiger partial charge in [-0.2, -0.15) is 0 Å². The largest absolute Gasteiger partial charge is 0.411 e. The van der Waals surface area contributed by atoms with Gasteiger partial charge in [0.2, 0.25) is 5.91 Å². The van der Waals surface area contributed by atoms with Crippen molar-refractivity contribution in [3.8, 4) is 0 Å². The van der Waals surface area contributed by atoms with E-state index in [9.17, 15) is 4.79 Å². The third-order valence-corrected chi connectivity index (χ3v) is 2.41. The molecule has 0 radical (unpaired) electrons. The summed E-state index contributed by atoms with van der Waals surface area (Å²) in [4.78, 5) is 11.7. The van der Waals surface area contributed by atoms with E-state index < -0.39 is 0 Å². The molecule has 2 N–H and O–H groups in total. The zero-order chi connectivity index (χ0) is 14.1. The molecule has 0 atom stereocenters. The Hall–Kier alpha value is -1.92. The van der Waals surface area contributed by atoms with Gasteiger partial charge in [-0.3, -0.25) is 4.79 Å². The number of benzene rings is 1. The van der Waals surface area contributed by atoms with Crippen LogP contribution in [0.2, 0.25) is 0 Å². The fourth-order valence-electron chi connectivity index (χ4n) is 1.45. The Kier molecular flexibility index (Phi) is 6.56. The highest BCUT2D eigenvalue weighted by Crippen LogP contribution is 2.15. The lowest BCUT2D eigenvalue weighted by Crippen LogP contribution is -2.20. The maximum absolute atomic E-state index is 11.7. The first-order valence-corrected chi connectivity index (χ1v) is 5.83. The van der Waals surface area contributed by atoms with Crippen LogP contribution in [-0.4, -0.2) is 43.8 Å². The van der Waals surface area contributed by atoms with Gasteiger partial charge in [-0.05, 0) is 13.0 Å². The summed E-state index contributed by atoms with van der Waals surface area (Å²) in [7, 11) is 1.57. The molecule has 6 nitrogen and oxygen atoms in total. The lowest BCUT2D eigenvalue weighted by atomic mass is 10.1. The number of hydrogen-bond donors (Lipinski definition) is 2. The summed E-state index contributed by atoms with van der Waals surface area (Å²) in [5.74, 6) is -0.269. The second-order valence-corrected chi connectivity index (χ2v) is 3.82. The second kappa shape index (κ2) is 8.23. The van der Waals surface area contributed by atoms with Crippen LogP contribution in [0.15, 0.2) is 29.4 Å². The summed E-state index contributed by atoms with van der Waals surface area (Å²) in [5.41, 5.74) is 1.67. The van der Waals surface area contributed by atoms with E-state index in [1.54, 1.807) is 38.3 Å². The van der Waals surface area contributed by atoms with Crippen LogP contribution >= 0.6 is 0 Å². The maximum Gasteiger partial charge on any atom is 0.250 e. The van der Waals surface area contributed by atoms with Crippen molar-refractivity contribution in [3.05, 3.63) is 29.8 Å². The number of oxime groups is 1. The van der Waals surface area contributed by atoms with E-state index in [4.69, 9.17) is 14.7 Å². The first-order chi connectivity index (χ1) is 9.19.